The van der Waals surface area contributed by atoms with Crippen LogP contribution in [0.25, 0.3) is 0 Å². The molecule has 1 aromatic rings. The Bertz CT molecular complexity index is 470. The fourth-order valence-electron chi connectivity index (χ4n) is 2.25. The molecule has 0 aromatic heterocycles. The highest BCUT2D eigenvalue weighted by molar-refractivity contribution is 5.89. The molecule has 1 saturated carbocycles. The minimum absolute atomic E-state index is 0.0359. The summed E-state index contributed by atoms with van der Waals surface area (Å²) in [6, 6.07) is 9.84. The van der Waals surface area contributed by atoms with Gasteiger partial charge >= 0.3 is 5.97 Å². The van der Waals surface area contributed by atoms with Crippen LogP contribution in [0.1, 0.15) is 25.8 Å². The van der Waals surface area contributed by atoms with Crippen LogP contribution >= 0.6 is 0 Å². The number of rotatable bonds is 5. The molecule has 0 unspecified atom stereocenters. The molecule has 0 aliphatic heterocycles. The Morgan fingerprint density at radius 1 is 1.26 bits per heavy atom. The van der Waals surface area contributed by atoms with E-state index in [-0.39, 0.29) is 17.9 Å². The SMILES string of the molecule is CC(C)N(Cc1ccccc1)C(=O)[C@@H]1C[C@@H]1C(=O)O. The average molecular weight is 261 g/mol. The van der Waals surface area contributed by atoms with Gasteiger partial charge in [-0.2, -0.15) is 0 Å². The van der Waals surface area contributed by atoms with Gasteiger partial charge in [0.1, 0.15) is 0 Å². The molecule has 1 aliphatic rings. The van der Waals surface area contributed by atoms with E-state index in [0.717, 1.165) is 5.56 Å². The fraction of sp³-hybridized carbons (Fsp3) is 0.467. The van der Waals surface area contributed by atoms with Gasteiger partial charge in [0.2, 0.25) is 5.91 Å². The number of aliphatic carboxylic acids is 1. The number of carboxylic acid groups (broad SMARTS) is 1. The molecule has 1 aliphatic carbocycles. The Labute approximate surface area is 113 Å². The Morgan fingerprint density at radius 3 is 2.37 bits per heavy atom. The molecule has 1 fully saturated rings. The van der Waals surface area contributed by atoms with Crippen molar-refractivity contribution in [2.45, 2.75) is 32.9 Å². The van der Waals surface area contributed by atoms with Crippen molar-refractivity contribution >= 4 is 11.9 Å². The molecule has 0 spiro atoms. The van der Waals surface area contributed by atoms with Gasteiger partial charge in [0.15, 0.2) is 0 Å². The van der Waals surface area contributed by atoms with E-state index >= 15 is 0 Å². The summed E-state index contributed by atoms with van der Waals surface area (Å²) in [5.41, 5.74) is 1.07. The monoisotopic (exact) mass is 261 g/mol. The van der Waals surface area contributed by atoms with Crippen LogP contribution in [0.15, 0.2) is 30.3 Å². The van der Waals surface area contributed by atoms with Gasteiger partial charge in [0, 0.05) is 12.6 Å². The van der Waals surface area contributed by atoms with Crippen LogP contribution in [-0.2, 0) is 16.1 Å². The van der Waals surface area contributed by atoms with Crippen LogP contribution in [-0.4, -0.2) is 27.9 Å². The number of hydrogen-bond donors (Lipinski definition) is 1. The lowest BCUT2D eigenvalue weighted by Gasteiger charge is -2.27. The fourth-order valence-corrected chi connectivity index (χ4v) is 2.25. The Hall–Kier alpha value is -1.84. The molecule has 1 aromatic carbocycles. The molecule has 2 rings (SSSR count). The van der Waals surface area contributed by atoms with Crippen LogP contribution in [0.3, 0.4) is 0 Å². The molecule has 102 valence electrons. The Kier molecular flexibility index (Phi) is 3.88. The summed E-state index contributed by atoms with van der Waals surface area (Å²) in [6.07, 6.45) is 0.478. The van der Waals surface area contributed by atoms with Gasteiger partial charge < -0.3 is 10.0 Å². The molecule has 1 N–H and O–H groups in total. The predicted molar refractivity (Wildman–Crippen MR) is 71.4 cm³/mol. The summed E-state index contributed by atoms with van der Waals surface area (Å²) in [7, 11) is 0. The second kappa shape index (κ2) is 5.43. The maximum absolute atomic E-state index is 12.3. The molecule has 1 amide bonds. The molecule has 19 heavy (non-hydrogen) atoms. The molecular weight excluding hydrogens is 242 g/mol. The smallest absolute Gasteiger partial charge is 0.307 e. The zero-order valence-electron chi connectivity index (χ0n) is 11.2. The summed E-state index contributed by atoms with van der Waals surface area (Å²) in [5, 5.41) is 8.91. The number of hydrogen-bond acceptors (Lipinski definition) is 2. The third kappa shape index (κ3) is 3.13. The van der Waals surface area contributed by atoms with Crippen molar-refractivity contribution in [3.8, 4) is 0 Å². The quantitative estimate of drug-likeness (QED) is 0.883. The van der Waals surface area contributed by atoms with Crippen molar-refractivity contribution in [3.63, 3.8) is 0 Å². The highest BCUT2D eigenvalue weighted by Gasteiger charge is 2.50. The molecule has 4 nitrogen and oxygen atoms in total. The molecule has 0 heterocycles. The summed E-state index contributed by atoms with van der Waals surface area (Å²) >= 11 is 0. The lowest BCUT2D eigenvalue weighted by molar-refractivity contribution is -0.142. The molecule has 0 bridgehead atoms. The summed E-state index contributed by atoms with van der Waals surface area (Å²) < 4.78 is 0. The van der Waals surface area contributed by atoms with Gasteiger partial charge in [-0.25, -0.2) is 0 Å². The standard InChI is InChI=1S/C15H19NO3/c1-10(2)16(9-11-6-4-3-5-7-11)14(17)12-8-13(12)15(18)19/h3-7,10,12-13H,8-9H2,1-2H3,(H,18,19)/t12-,13+/m1/s1. The normalized spacial score (nSPS) is 21.2. The van der Waals surface area contributed by atoms with Crippen molar-refractivity contribution in [3.05, 3.63) is 35.9 Å². The zero-order valence-corrected chi connectivity index (χ0v) is 11.2. The van der Waals surface area contributed by atoms with E-state index in [1.165, 1.54) is 0 Å². The first kappa shape index (κ1) is 13.6. The molecule has 4 heteroatoms. The molecular formula is C15H19NO3. The number of amides is 1. The van der Waals surface area contributed by atoms with Crippen LogP contribution in [0.2, 0.25) is 0 Å². The highest BCUT2D eigenvalue weighted by atomic mass is 16.4. The molecule has 0 saturated heterocycles. The van der Waals surface area contributed by atoms with Crippen LogP contribution in [0, 0.1) is 11.8 Å². The van der Waals surface area contributed by atoms with E-state index in [2.05, 4.69) is 0 Å². The maximum atomic E-state index is 12.3. The van der Waals surface area contributed by atoms with Crippen molar-refractivity contribution in [2.75, 3.05) is 0 Å². The highest BCUT2D eigenvalue weighted by Crippen LogP contribution is 2.40. The lowest BCUT2D eigenvalue weighted by atomic mass is 10.1. The number of benzene rings is 1. The van der Waals surface area contributed by atoms with E-state index in [4.69, 9.17) is 5.11 Å². The van der Waals surface area contributed by atoms with Gasteiger partial charge in [0.25, 0.3) is 0 Å². The van der Waals surface area contributed by atoms with E-state index < -0.39 is 11.9 Å². The zero-order chi connectivity index (χ0) is 14.0. The maximum Gasteiger partial charge on any atom is 0.307 e. The minimum atomic E-state index is -0.859. The summed E-state index contributed by atoms with van der Waals surface area (Å²) in [4.78, 5) is 25.0. The second-order valence-corrected chi connectivity index (χ2v) is 5.33. The minimum Gasteiger partial charge on any atom is -0.481 e. The lowest BCUT2D eigenvalue weighted by Crippen LogP contribution is -2.38. The molecule has 2 atom stereocenters. The number of carbonyl (C=O) groups is 2. The number of carboxylic acids is 1. The third-order valence-corrected chi connectivity index (χ3v) is 3.53. The van der Waals surface area contributed by atoms with Crippen molar-refractivity contribution in [1.29, 1.82) is 0 Å². The number of nitrogens with zero attached hydrogens (tertiary/aromatic N) is 1. The van der Waals surface area contributed by atoms with Gasteiger partial charge in [-0.05, 0) is 25.8 Å². The Morgan fingerprint density at radius 2 is 1.89 bits per heavy atom. The van der Waals surface area contributed by atoms with Crippen LogP contribution < -0.4 is 0 Å². The van der Waals surface area contributed by atoms with E-state index in [1.807, 2.05) is 44.2 Å². The largest absolute Gasteiger partial charge is 0.481 e. The van der Waals surface area contributed by atoms with Gasteiger partial charge in [-0.1, -0.05) is 30.3 Å². The van der Waals surface area contributed by atoms with Gasteiger partial charge in [-0.3, -0.25) is 9.59 Å². The third-order valence-electron chi connectivity index (χ3n) is 3.53. The van der Waals surface area contributed by atoms with Crippen molar-refractivity contribution in [1.82, 2.24) is 4.90 Å². The van der Waals surface area contributed by atoms with E-state index in [0.29, 0.717) is 13.0 Å². The first-order valence-electron chi connectivity index (χ1n) is 6.58. The van der Waals surface area contributed by atoms with Gasteiger partial charge in [0.05, 0.1) is 11.8 Å². The first-order valence-corrected chi connectivity index (χ1v) is 6.58. The predicted octanol–water partition coefficient (Wildman–Crippen LogP) is 2.14. The van der Waals surface area contributed by atoms with Crippen molar-refractivity contribution < 1.29 is 14.7 Å². The van der Waals surface area contributed by atoms with Crippen molar-refractivity contribution in [2.24, 2.45) is 11.8 Å². The van der Waals surface area contributed by atoms with Gasteiger partial charge in [-0.15, -0.1) is 0 Å². The Balaban J connectivity index is 2.05. The topological polar surface area (TPSA) is 57.6 Å². The number of carbonyl (C=O) groups excluding carboxylic acids is 1. The van der Waals surface area contributed by atoms with Crippen LogP contribution in [0.5, 0.6) is 0 Å². The summed E-state index contributed by atoms with van der Waals surface area (Å²) in [6.45, 7) is 4.46. The van der Waals surface area contributed by atoms with E-state index in [9.17, 15) is 9.59 Å². The van der Waals surface area contributed by atoms with Crippen LogP contribution in [0.4, 0.5) is 0 Å². The first-order chi connectivity index (χ1) is 9.00. The summed E-state index contributed by atoms with van der Waals surface area (Å²) in [5.74, 6) is -1.71. The van der Waals surface area contributed by atoms with E-state index in [1.54, 1.807) is 4.90 Å². The second-order valence-electron chi connectivity index (χ2n) is 5.33. The average Bonchev–Trinajstić information content (AvgIpc) is 3.16. The molecule has 0 radical (unpaired) electrons.